The summed E-state index contributed by atoms with van der Waals surface area (Å²) in [5.41, 5.74) is -2.70. The predicted octanol–water partition coefficient (Wildman–Crippen LogP) is -1.60. The summed E-state index contributed by atoms with van der Waals surface area (Å²) in [6.07, 6.45) is -0.649. The maximum Gasteiger partial charge on any atom is 0.333 e. The number of carbonyl (C=O) groups is 4. The zero-order valence-corrected chi connectivity index (χ0v) is 11.1. The number of nitrogens with one attached hydrogen (secondary N) is 2. The van der Waals surface area contributed by atoms with Crippen LogP contribution in [0.2, 0.25) is 0 Å². The van der Waals surface area contributed by atoms with E-state index in [2.05, 4.69) is 19.5 Å². The fraction of sp³-hybridized carbons (Fsp3) is 0.545. The standard InChI is InChI=1S/C11H14N2O7/c1-18-5(14)4-11(10(17)20-3)6(9(16)19-2)7(12)8(15)13-11/h6,12H,4H2,1-3H3,(H,13,15)/t6-,11-/m0/s1. The second-order valence-corrected chi connectivity index (χ2v) is 4.04. The van der Waals surface area contributed by atoms with Gasteiger partial charge in [-0.25, -0.2) is 4.79 Å². The lowest BCUT2D eigenvalue weighted by Gasteiger charge is -2.28. The molecule has 1 aliphatic rings. The lowest BCUT2D eigenvalue weighted by Crippen LogP contribution is -2.57. The summed E-state index contributed by atoms with van der Waals surface area (Å²) >= 11 is 0. The Balaban J connectivity index is 3.35. The van der Waals surface area contributed by atoms with E-state index in [-0.39, 0.29) is 0 Å². The third kappa shape index (κ3) is 2.33. The van der Waals surface area contributed by atoms with Crippen molar-refractivity contribution in [3.05, 3.63) is 0 Å². The molecule has 0 aromatic heterocycles. The normalized spacial score (nSPS) is 24.9. The van der Waals surface area contributed by atoms with Crippen LogP contribution in [-0.4, -0.2) is 56.4 Å². The molecular formula is C11H14N2O7. The molecule has 0 aromatic rings. The molecule has 1 amide bonds. The lowest BCUT2D eigenvalue weighted by atomic mass is 9.81. The summed E-state index contributed by atoms with van der Waals surface area (Å²) in [7, 11) is 3.16. The van der Waals surface area contributed by atoms with Crippen LogP contribution in [0.1, 0.15) is 6.42 Å². The third-order valence-corrected chi connectivity index (χ3v) is 3.00. The van der Waals surface area contributed by atoms with Crippen molar-refractivity contribution in [1.82, 2.24) is 5.32 Å². The zero-order valence-electron chi connectivity index (χ0n) is 11.1. The third-order valence-electron chi connectivity index (χ3n) is 3.00. The molecule has 0 bridgehead atoms. The van der Waals surface area contributed by atoms with Gasteiger partial charge >= 0.3 is 17.9 Å². The van der Waals surface area contributed by atoms with E-state index >= 15 is 0 Å². The van der Waals surface area contributed by atoms with Crippen molar-refractivity contribution in [2.24, 2.45) is 5.92 Å². The SMILES string of the molecule is COC(=O)C[C@]1(C(=O)OC)NC(=O)C(=N)[C@H]1C(=O)OC. The number of methoxy groups -OCH3 is 3. The molecule has 2 N–H and O–H groups in total. The molecule has 110 valence electrons. The molecule has 1 rings (SSSR count). The van der Waals surface area contributed by atoms with Crippen molar-refractivity contribution < 1.29 is 33.4 Å². The number of carbonyl (C=O) groups excluding carboxylic acids is 4. The lowest BCUT2D eigenvalue weighted by molar-refractivity contribution is -0.161. The van der Waals surface area contributed by atoms with E-state index in [1.165, 1.54) is 0 Å². The molecule has 1 heterocycles. The fourth-order valence-electron chi connectivity index (χ4n) is 2.03. The van der Waals surface area contributed by atoms with Crippen LogP contribution >= 0.6 is 0 Å². The first kappa shape index (κ1) is 15.6. The molecule has 0 aliphatic carbocycles. The molecule has 0 radical (unpaired) electrons. The highest BCUT2D eigenvalue weighted by molar-refractivity contribution is 6.46. The van der Waals surface area contributed by atoms with E-state index in [1.54, 1.807) is 0 Å². The molecule has 20 heavy (non-hydrogen) atoms. The highest BCUT2D eigenvalue weighted by atomic mass is 16.5. The highest BCUT2D eigenvalue weighted by Gasteiger charge is 2.61. The molecule has 0 aromatic carbocycles. The minimum absolute atomic E-state index is 0.649. The Morgan fingerprint density at radius 1 is 1.20 bits per heavy atom. The van der Waals surface area contributed by atoms with Gasteiger partial charge in [-0.1, -0.05) is 0 Å². The highest BCUT2D eigenvalue weighted by Crippen LogP contribution is 2.31. The maximum absolute atomic E-state index is 12.0. The Labute approximate surface area is 114 Å². The first-order chi connectivity index (χ1) is 9.33. The Hall–Kier alpha value is -2.45. The predicted molar refractivity (Wildman–Crippen MR) is 62.8 cm³/mol. The minimum atomic E-state index is -2.02. The van der Waals surface area contributed by atoms with Crippen LogP contribution in [0.4, 0.5) is 0 Å². The summed E-state index contributed by atoms with van der Waals surface area (Å²) in [6, 6.07) is 0. The summed E-state index contributed by atoms with van der Waals surface area (Å²) in [5, 5.41) is 9.76. The first-order valence-corrected chi connectivity index (χ1v) is 5.48. The van der Waals surface area contributed by atoms with Gasteiger partial charge in [-0.2, -0.15) is 0 Å². The summed E-state index contributed by atoms with van der Waals surface area (Å²) in [6.45, 7) is 0. The summed E-state index contributed by atoms with van der Waals surface area (Å²) in [5.74, 6) is -5.41. The van der Waals surface area contributed by atoms with Crippen LogP contribution < -0.4 is 5.32 Å². The number of amides is 1. The quantitative estimate of drug-likeness (QED) is 0.470. The van der Waals surface area contributed by atoms with Gasteiger partial charge in [0.05, 0.1) is 27.8 Å². The molecule has 9 heteroatoms. The van der Waals surface area contributed by atoms with Crippen LogP contribution in [0, 0.1) is 11.3 Å². The average molecular weight is 286 g/mol. The van der Waals surface area contributed by atoms with Gasteiger partial charge in [-0.15, -0.1) is 0 Å². The Morgan fingerprint density at radius 3 is 2.25 bits per heavy atom. The van der Waals surface area contributed by atoms with Gasteiger partial charge in [0, 0.05) is 0 Å². The Morgan fingerprint density at radius 2 is 1.80 bits per heavy atom. The maximum atomic E-state index is 12.0. The monoisotopic (exact) mass is 286 g/mol. The van der Waals surface area contributed by atoms with Gasteiger partial charge in [0.1, 0.15) is 11.6 Å². The first-order valence-electron chi connectivity index (χ1n) is 5.48. The summed E-state index contributed by atoms with van der Waals surface area (Å²) < 4.78 is 13.5. The van der Waals surface area contributed by atoms with Gasteiger partial charge in [-0.05, 0) is 0 Å². The van der Waals surface area contributed by atoms with Crippen molar-refractivity contribution in [2.45, 2.75) is 12.0 Å². The van der Waals surface area contributed by atoms with E-state index < -0.39 is 47.4 Å². The molecule has 9 nitrogen and oxygen atoms in total. The van der Waals surface area contributed by atoms with Gasteiger partial charge in [0.15, 0.2) is 5.54 Å². The number of esters is 3. The number of hydrogen-bond acceptors (Lipinski definition) is 8. The van der Waals surface area contributed by atoms with Crippen LogP contribution in [-0.2, 0) is 33.4 Å². The Kier molecular flexibility index (Phi) is 4.43. The fourth-order valence-corrected chi connectivity index (χ4v) is 2.03. The number of ether oxygens (including phenoxy) is 3. The Bertz CT molecular complexity index is 487. The van der Waals surface area contributed by atoms with Gasteiger partial charge in [-0.3, -0.25) is 19.8 Å². The van der Waals surface area contributed by atoms with E-state index in [9.17, 15) is 19.2 Å². The molecule has 1 saturated heterocycles. The molecule has 0 unspecified atom stereocenters. The van der Waals surface area contributed by atoms with Crippen molar-refractivity contribution in [2.75, 3.05) is 21.3 Å². The van der Waals surface area contributed by atoms with Gasteiger partial charge < -0.3 is 19.5 Å². The van der Waals surface area contributed by atoms with E-state index in [0.29, 0.717) is 0 Å². The molecular weight excluding hydrogens is 272 g/mol. The van der Waals surface area contributed by atoms with Crippen LogP contribution in [0.25, 0.3) is 0 Å². The van der Waals surface area contributed by atoms with Crippen molar-refractivity contribution in [3.8, 4) is 0 Å². The molecule has 0 spiro atoms. The zero-order chi connectivity index (χ0) is 15.5. The average Bonchev–Trinajstić information content (AvgIpc) is 2.69. The van der Waals surface area contributed by atoms with Gasteiger partial charge in [0.25, 0.3) is 5.91 Å². The minimum Gasteiger partial charge on any atom is -0.469 e. The molecule has 1 aliphatic heterocycles. The second kappa shape index (κ2) is 5.68. The van der Waals surface area contributed by atoms with Crippen LogP contribution in [0.5, 0.6) is 0 Å². The van der Waals surface area contributed by atoms with Crippen molar-refractivity contribution in [1.29, 1.82) is 5.41 Å². The van der Waals surface area contributed by atoms with Crippen molar-refractivity contribution >= 4 is 29.5 Å². The molecule has 1 fully saturated rings. The smallest absolute Gasteiger partial charge is 0.333 e. The molecule has 2 atom stereocenters. The number of rotatable bonds is 4. The largest absolute Gasteiger partial charge is 0.469 e. The van der Waals surface area contributed by atoms with Gasteiger partial charge in [0.2, 0.25) is 0 Å². The van der Waals surface area contributed by atoms with Crippen LogP contribution in [0.3, 0.4) is 0 Å². The number of hydrogen-bond donors (Lipinski definition) is 2. The van der Waals surface area contributed by atoms with E-state index in [1.807, 2.05) is 0 Å². The molecule has 0 saturated carbocycles. The second-order valence-electron chi connectivity index (χ2n) is 4.04. The van der Waals surface area contributed by atoms with Crippen LogP contribution in [0.15, 0.2) is 0 Å². The van der Waals surface area contributed by atoms with Crippen molar-refractivity contribution in [3.63, 3.8) is 0 Å². The summed E-state index contributed by atoms with van der Waals surface area (Å²) in [4.78, 5) is 46.8. The van der Waals surface area contributed by atoms with E-state index in [0.717, 1.165) is 21.3 Å². The topological polar surface area (TPSA) is 132 Å². The van der Waals surface area contributed by atoms with E-state index in [4.69, 9.17) is 5.41 Å².